The van der Waals surface area contributed by atoms with Gasteiger partial charge in [-0.05, 0) is 45.1 Å². The van der Waals surface area contributed by atoms with Gasteiger partial charge in [0.15, 0.2) is 0 Å². The zero-order chi connectivity index (χ0) is 19.6. The molecule has 1 spiro atoms. The van der Waals surface area contributed by atoms with Gasteiger partial charge >= 0.3 is 0 Å². The van der Waals surface area contributed by atoms with E-state index in [0.717, 1.165) is 50.2 Å². The standard InChI is InChI=1S/C20H32N4O3/c1-15-17(16(2)22(3)21-15)5-6-18(26)23-10-4-8-20(13-23)9-7-19(27)24(14-20)11-12-25/h25H,4-14H2,1-3H3/t20-/m0/s1. The average molecular weight is 377 g/mol. The summed E-state index contributed by atoms with van der Waals surface area (Å²) < 4.78 is 1.87. The number of carbonyl (C=O) groups excluding carboxylic acids is 2. The highest BCUT2D eigenvalue weighted by Crippen LogP contribution is 2.39. The fourth-order valence-corrected chi connectivity index (χ4v) is 4.75. The lowest BCUT2D eigenvalue weighted by Crippen LogP contribution is -2.55. The quantitative estimate of drug-likeness (QED) is 0.837. The predicted molar refractivity (Wildman–Crippen MR) is 102 cm³/mol. The molecule has 0 aliphatic carbocycles. The van der Waals surface area contributed by atoms with Crippen LogP contribution in [-0.4, -0.2) is 69.3 Å². The molecule has 1 atom stereocenters. The van der Waals surface area contributed by atoms with Gasteiger partial charge in [-0.3, -0.25) is 14.3 Å². The van der Waals surface area contributed by atoms with E-state index in [2.05, 4.69) is 5.10 Å². The molecule has 0 saturated carbocycles. The van der Waals surface area contributed by atoms with Gasteiger partial charge in [-0.15, -0.1) is 0 Å². The number of rotatable bonds is 5. The summed E-state index contributed by atoms with van der Waals surface area (Å²) in [6, 6.07) is 0. The number of hydrogen-bond donors (Lipinski definition) is 1. The van der Waals surface area contributed by atoms with Crippen molar-refractivity contribution in [2.45, 2.75) is 52.4 Å². The Hall–Kier alpha value is -1.89. The van der Waals surface area contributed by atoms with Crippen LogP contribution in [0.2, 0.25) is 0 Å². The van der Waals surface area contributed by atoms with E-state index in [9.17, 15) is 14.7 Å². The molecule has 0 unspecified atom stereocenters. The minimum absolute atomic E-state index is 0.00285. The Morgan fingerprint density at radius 1 is 1.26 bits per heavy atom. The number of likely N-dealkylation sites (tertiary alicyclic amines) is 2. The molecule has 7 heteroatoms. The topological polar surface area (TPSA) is 78.7 Å². The molecule has 2 aliphatic rings. The van der Waals surface area contributed by atoms with Crippen LogP contribution in [0.15, 0.2) is 0 Å². The van der Waals surface area contributed by atoms with Crippen molar-refractivity contribution in [3.05, 3.63) is 17.0 Å². The number of nitrogens with zero attached hydrogens (tertiary/aromatic N) is 4. The molecule has 0 aromatic carbocycles. The van der Waals surface area contributed by atoms with Crippen molar-refractivity contribution in [3.8, 4) is 0 Å². The van der Waals surface area contributed by atoms with Crippen LogP contribution in [0.1, 0.15) is 49.1 Å². The van der Waals surface area contributed by atoms with Gasteiger partial charge in [0.2, 0.25) is 11.8 Å². The van der Waals surface area contributed by atoms with Gasteiger partial charge in [0.25, 0.3) is 0 Å². The first kappa shape index (κ1) is 19.9. The van der Waals surface area contributed by atoms with Crippen molar-refractivity contribution < 1.29 is 14.7 Å². The van der Waals surface area contributed by atoms with E-state index in [1.54, 1.807) is 4.90 Å². The van der Waals surface area contributed by atoms with Crippen molar-refractivity contribution in [1.82, 2.24) is 19.6 Å². The molecule has 1 N–H and O–H groups in total. The van der Waals surface area contributed by atoms with Crippen molar-refractivity contribution >= 4 is 11.8 Å². The molecule has 0 radical (unpaired) electrons. The fourth-order valence-electron chi connectivity index (χ4n) is 4.75. The van der Waals surface area contributed by atoms with Gasteiger partial charge in [0.1, 0.15) is 0 Å². The molecule has 7 nitrogen and oxygen atoms in total. The molecular weight excluding hydrogens is 344 g/mol. The maximum atomic E-state index is 12.9. The normalized spacial score (nSPS) is 23.3. The van der Waals surface area contributed by atoms with E-state index in [1.165, 1.54) is 5.56 Å². The van der Waals surface area contributed by atoms with Crippen LogP contribution in [0.5, 0.6) is 0 Å². The van der Waals surface area contributed by atoms with Crippen molar-refractivity contribution in [3.63, 3.8) is 0 Å². The maximum absolute atomic E-state index is 12.9. The second-order valence-electron chi connectivity index (χ2n) is 8.23. The van der Waals surface area contributed by atoms with Crippen molar-refractivity contribution in [1.29, 1.82) is 0 Å². The highest BCUT2D eigenvalue weighted by molar-refractivity contribution is 5.78. The molecule has 2 aliphatic heterocycles. The Balaban J connectivity index is 1.62. The number of aliphatic hydroxyl groups excluding tert-OH is 1. The lowest BCUT2D eigenvalue weighted by molar-refractivity contribution is -0.143. The molecule has 2 fully saturated rings. The summed E-state index contributed by atoms with van der Waals surface area (Å²) in [5.74, 6) is 0.322. The van der Waals surface area contributed by atoms with Crippen LogP contribution in [0, 0.1) is 19.3 Å². The molecule has 1 aromatic heterocycles. The van der Waals surface area contributed by atoms with Gasteiger partial charge in [-0.2, -0.15) is 5.10 Å². The predicted octanol–water partition coefficient (Wildman–Crippen LogP) is 1.19. The van der Waals surface area contributed by atoms with E-state index < -0.39 is 0 Å². The summed E-state index contributed by atoms with van der Waals surface area (Å²) in [4.78, 5) is 28.7. The third-order valence-electron chi connectivity index (χ3n) is 6.38. The Morgan fingerprint density at radius 2 is 2.04 bits per heavy atom. The SMILES string of the molecule is Cc1nn(C)c(C)c1CCC(=O)N1CCC[C@]2(CCC(=O)N(CCO)C2)C1. The Morgan fingerprint density at radius 3 is 2.70 bits per heavy atom. The van der Waals surface area contributed by atoms with E-state index in [1.807, 2.05) is 30.5 Å². The minimum atomic E-state index is -0.00568. The van der Waals surface area contributed by atoms with E-state index in [-0.39, 0.29) is 23.8 Å². The van der Waals surface area contributed by atoms with Crippen LogP contribution < -0.4 is 0 Å². The van der Waals surface area contributed by atoms with Gasteiger partial charge in [0, 0.05) is 57.2 Å². The number of amides is 2. The largest absolute Gasteiger partial charge is 0.395 e. The summed E-state index contributed by atoms with van der Waals surface area (Å²) in [7, 11) is 1.94. The smallest absolute Gasteiger partial charge is 0.222 e. The highest BCUT2D eigenvalue weighted by atomic mass is 16.3. The minimum Gasteiger partial charge on any atom is -0.395 e. The first-order valence-corrected chi connectivity index (χ1v) is 10.0. The average Bonchev–Trinajstić information content (AvgIpc) is 2.88. The third kappa shape index (κ3) is 4.18. The van der Waals surface area contributed by atoms with Crippen LogP contribution in [0.3, 0.4) is 0 Å². The number of β-amino-alcohol motifs (C(OH)–C–C–N with tert-alkyl or cyclic N) is 1. The number of aryl methyl sites for hydroxylation is 2. The number of piperidine rings is 2. The van der Waals surface area contributed by atoms with E-state index in [4.69, 9.17) is 0 Å². The first-order chi connectivity index (χ1) is 12.8. The molecular formula is C20H32N4O3. The lowest BCUT2D eigenvalue weighted by Gasteiger charge is -2.48. The van der Waals surface area contributed by atoms with Gasteiger partial charge < -0.3 is 14.9 Å². The molecule has 1 aromatic rings. The summed E-state index contributed by atoms with van der Waals surface area (Å²) in [5, 5.41) is 13.7. The first-order valence-electron chi connectivity index (χ1n) is 10.0. The molecule has 2 saturated heterocycles. The molecule has 3 rings (SSSR count). The summed E-state index contributed by atoms with van der Waals surface area (Å²) in [6.45, 7) is 6.63. The maximum Gasteiger partial charge on any atom is 0.222 e. The Bertz CT molecular complexity index is 714. The zero-order valence-electron chi connectivity index (χ0n) is 16.8. The zero-order valence-corrected chi connectivity index (χ0v) is 16.8. The molecule has 27 heavy (non-hydrogen) atoms. The van der Waals surface area contributed by atoms with Crippen LogP contribution in [0.4, 0.5) is 0 Å². The Kier molecular flexibility index (Phi) is 5.89. The van der Waals surface area contributed by atoms with Crippen molar-refractivity contribution in [2.75, 3.05) is 32.8 Å². The van der Waals surface area contributed by atoms with E-state index in [0.29, 0.717) is 25.9 Å². The molecule has 150 valence electrons. The lowest BCUT2D eigenvalue weighted by atomic mass is 9.73. The Labute approximate surface area is 161 Å². The summed E-state index contributed by atoms with van der Waals surface area (Å²) in [5.41, 5.74) is 3.30. The van der Waals surface area contributed by atoms with Crippen LogP contribution in [0.25, 0.3) is 0 Å². The molecule has 0 bridgehead atoms. The number of hydrogen-bond acceptors (Lipinski definition) is 4. The van der Waals surface area contributed by atoms with Crippen LogP contribution >= 0.6 is 0 Å². The highest BCUT2D eigenvalue weighted by Gasteiger charge is 2.42. The van der Waals surface area contributed by atoms with Gasteiger partial charge in [0.05, 0.1) is 12.3 Å². The van der Waals surface area contributed by atoms with Crippen LogP contribution in [-0.2, 0) is 23.1 Å². The fraction of sp³-hybridized carbons (Fsp3) is 0.750. The number of aliphatic hydroxyl groups is 1. The second-order valence-corrected chi connectivity index (χ2v) is 8.23. The third-order valence-corrected chi connectivity index (χ3v) is 6.38. The number of aromatic nitrogens is 2. The molecule has 3 heterocycles. The van der Waals surface area contributed by atoms with Gasteiger partial charge in [-0.25, -0.2) is 0 Å². The van der Waals surface area contributed by atoms with E-state index >= 15 is 0 Å². The van der Waals surface area contributed by atoms with Gasteiger partial charge in [-0.1, -0.05) is 0 Å². The summed E-state index contributed by atoms with van der Waals surface area (Å²) in [6.07, 6.45) is 4.63. The number of carbonyl (C=O) groups is 2. The molecule has 2 amide bonds. The monoisotopic (exact) mass is 376 g/mol. The summed E-state index contributed by atoms with van der Waals surface area (Å²) >= 11 is 0. The second kappa shape index (κ2) is 8.00. The van der Waals surface area contributed by atoms with Crippen molar-refractivity contribution in [2.24, 2.45) is 12.5 Å².